The van der Waals surface area contributed by atoms with Crippen LogP contribution in [-0.4, -0.2) is 57.1 Å². The van der Waals surface area contributed by atoms with Crippen LogP contribution in [0.2, 0.25) is 0 Å². The van der Waals surface area contributed by atoms with E-state index in [1.54, 1.807) is 6.20 Å². The van der Waals surface area contributed by atoms with Crippen LogP contribution in [-0.2, 0) is 25.6 Å². The van der Waals surface area contributed by atoms with E-state index in [1.165, 1.54) is 0 Å². The third-order valence-electron chi connectivity index (χ3n) is 5.06. The summed E-state index contributed by atoms with van der Waals surface area (Å²) >= 11 is 0. The predicted octanol–water partition coefficient (Wildman–Crippen LogP) is 1.00. The molecule has 0 saturated carbocycles. The topological polar surface area (TPSA) is 175 Å². The highest BCUT2D eigenvalue weighted by Gasteiger charge is 2.29. The number of aromatic amines is 1. The molecule has 3 unspecified atom stereocenters. The number of fused-ring (bicyclic) bond motifs is 1. The molecule has 10 heteroatoms. The Hall–Kier alpha value is -3.40. The minimum Gasteiger partial charge on any atom is -0.481 e. The molecular weight excluding hydrogens is 416 g/mol. The fraction of sp³-hybridized carbons (Fsp3) is 0.455. The summed E-state index contributed by atoms with van der Waals surface area (Å²) in [6.45, 7) is 3.68. The lowest BCUT2D eigenvalue weighted by atomic mass is 10.0. The van der Waals surface area contributed by atoms with Crippen molar-refractivity contribution in [1.82, 2.24) is 15.6 Å². The number of nitrogens with two attached hydrogens (primary N) is 1. The van der Waals surface area contributed by atoms with Gasteiger partial charge in [-0.1, -0.05) is 32.0 Å². The van der Waals surface area contributed by atoms with Gasteiger partial charge in [-0.3, -0.25) is 14.4 Å². The van der Waals surface area contributed by atoms with E-state index in [0.29, 0.717) is 0 Å². The largest absolute Gasteiger partial charge is 0.481 e. The minimum absolute atomic E-state index is 0.0301. The molecule has 3 atom stereocenters. The number of hydrogen-bond acceptors (Lipinski definition) is 5. The molecule has 0 aliphatic carbocycles. The van der Waals surface area contributed by atoms with E-state index >= 15 is 0 Å². The Morgan fingerprint density at radius 2 is 1.69 bits per heavy atom. The van der Waals surface area contributed by atoms with Crippen LogP contribution in [0.5, 0.6) is 0 Å². The van der Waals surface area contributed by atoms with Crippen LogP contribution in [0.1, 0.15) is 38.7 Å². The second-order valence-corrected chi connectivity index (χ2v) is 8.19. The highest BCUT2D eigenvalue weighted by molar-refractivity contribution is 5.93. The first kappa shape index (κ1) is 24.9. The average molecular weight is 447 g/mol. The number of hydrogen-bond donors (Lipinski definition) is 6. The van der Waals surface area contributed by atoms with E-state index in [4.69, 9.17) is 10.8 Å². The summed E-state index contributed by atoms with van der Waals surface area (Å²) in [5.41, 5.74) is 7.40. The maximum Gasteiger partial charge on any atom is 0.326 e. The Kier molecular flexibility index (Phi) is 8.77. The smallest absolute Gasteiger partial charge is 0.326 e. The zero-order valence-electron chi connectivity index (χ0n) is 18.1. The van der Waals surface area contributed by atoms with Gasteiger partial charge in [0, 0.05) is 29.9 Å². The molecule has 0 bridgehead atoms. The van der Waals surface area contributed by atoms with Crippen LogP contribution in [0.25, 0.3) is 10.9 Å². The summed E-state index contributed by atoms with van der Waals surface area (Å²) in [5, 5.41) is 24.2. The van der Waals surface area contributed by atoms with Crippen molar-refractivity contribution in [2.45, 2.75) is 57.7 Å². The summed E-state index contributed by atoms with van der Waals surface area (Å²) < 4.78 is 0. The van der Waals surface area contributed by atoms with Gasteiger partial charge in [-0.15, -0.1) is 0 Å². The Bertz CT molecular complexity index is 970. The average Bonchev–Trinajstić information content (AvgIpc) is 3.13. The van der Waals surface area contributed by atoms with Gasteiger partial charge in [0.2, 0.25) is 11.8 Å². The molecule has 0 fully saturated rings. The molecule has 1 aromatic heterocycles. The first-order valence-electron chi connectivity index (χ1n) is 10.4. The molecule has 10 nitrogen and oxygen atoms in total. The Morgan fingerprint density at radius 1 is 1.03 bits per heavy atom. The van der Waals surface area contributed by atoms with Gasteiger partial charge in [0.25, 0.3) is 0 Å². The summed E-state index contributed by atoms with van der Waals surface area (Å²) in [5.74, 6) is -3.55. The van der Waals surface area contributed by atoms with Crippen LogP contribution < -0.4 is 16.4 Å². The number of benzene rings is 1. The highest BCUT2D eigenvalue weighted by atomic mass is 16.4. The summed E-state index contributed by atoms with van der Waals surface area (Å²) in [7, 11) is 0. The predicted molar refractivity (Wildman–Crippen MR) is 118 cm³/mol. The van der Waals surface area contributed by atoms with Crippen molar-refractivity contribution in [3.05, 3.63) is 36.0 Å². The first-order valence-corrected chi connectivity index (χ1v) is 10.4. The van der Waals surface area contributed by atoms with Gasteiger partial charge < -0.3 is 31.6 Å². The Labute approximate surface area is 185 Å². The summed E-state index contributed by atoms with van der Waals surface area (Å²) in [6, 6.07) is 4.14. The molecule has 2 amide bonds. The van der Waals surface area contributed by atoms with E-state index in [0.717, 1.165) is 16.5 Å². The summed E-state index contributed by atoms with van der Waals surface area (Å²) in [4.78, 5) is 51.0. The number of amides is 2. The van der Waals surface area contributed by atoms with Crippen molar-refractivity contribution in [3.63, 3.8) is 0 Å². The molecule has 0 aliphatic heterocycles. The number of nitrogens with one attached hydrogen (secondary N) is 3. The van der Waals surface area contributed by atoms with Crippen LogP contribution in [0.15, 0.2) is 30.5 Å². The van der Waals surface area contributed by atoms with Crippen molar-refractivity contribution in [2.75, 3.05) is 0 Å². The van der Waals surface area contributed by atoms with Gasteiger partial charge in [0.05, 0.1) is 6.04 Å². The van der Waals surface area contributed by atoms with Gasteiger partial charge >= 0.3 is 11.9 Å². The number of H-pyrrole nitrogens is 1. The number of carboxylic acids is 2. The van der Waals surface area contributed by atoms with E-state index in [1.807, 2.05) is 38.1 Å². The second kappa shape index (κ2) is 11.3. The molecular formula is C22H30N4O6. The Balaban J connectivity index is 2.22. The van der Waals surface area contributed by atoms with E-state index in [9.17, 15) is 24.3 Å². The fourth-order valence-corrected chi connectivity index (χ4v) is 3.38. The minimum atomic E-state index is -1.16. The van der Waals surface area contributed by atoms with Crippen molar-refractivity contribution in [3.8, 4) is 0 Å². The monoisotopic (exact) mass is 446 g/mol. The lowest BCUT2D eigenvalue weighted by molar-refractivity contribution is -0.142. The van der Waals surface area contributed by atoms with Gasteiger partial charge in [-0.25, -0.2) is 4.79 Å². The maximum absolute atomic E-state index is 13.0. The first-order chi connectivity index (χ1) is 15.1. The number of aromatic nitrogens is 1. The number of para-hydroxylation sites is 1. The summed E-state index contributed by atoms with van der Waals surface area (Å²) in [6.07, 6.45) is 1.68. The standard InChI is InChI=1S/C22H30N4O6/c1-12(2)9-18(22(31)32)26-21(30)17(25-20(29)15(23)7-8-19(27)28)10-13-11-24-16-6-4-3-5-14(13)16/h3-6,11-12,15,17-18,24H,7-10,23H2,1-2H3,(H,25,29)(H,26,30)(H,27,28)(H,31,32). The number of carbonyl (C=O) groups is 4. The molecule has 2 aromatic rings. The number of carbonyl (C=O) groups excluding carboxylic acids is 2. The van der Waals surface area contributed by atoms with Gasteiger partial charge in [0.1, 0.15) is 12.1 Å². The molecule has 1 heterocycles. The lowest BCUT2D eigenvalue weighted by Gasteiger charge is -2.23. The SMILES string of the molecule is CC(C)CC(NC(=O)C(Cc1c[nH]c2ccccc12)NC(=O)C(N)CCC(=O)O)C(=O)O. The maximum atomic E-state index is 13.0. The third kappa shape index (κ3) is 7.09. The zero-order valence-corrected chi connectivity index (χ0v) is 18.1. The van der Waals surface area contributed by atoms with Gasteiger partial charge in [-0.2, -0.15) is 0 Å². The molecule has 0 radical (unpaired) electrons. The van der Waals surface area contributed by atoms with Gasteiger partial charge in [-0.05, 0) is 30.4 Å². The lowest BCUT2D eigenvalue weighted by Crippen LogP contribution is -2.55. The van der Waals surface area contributed by atoms with E-state index < -0.39 is 41.9 Å². The number of rotatable bonds is 12. The molecule has 2 rings (SSSR count). The van der Waals surface area contributed by atoms with Crippen LogP contribution in [0.4, 0.5) is 0 Å². The second-order valence-electron chi connectivity index (χ2n) is 8.19. The Morgan fingerprint density at radius 3 is 2.31 bits per heavy atom. The molecule has 174 valence electrons. The normalized spacial score (nSPS) is 14.0. The molecule has 0 aliphatic rings. The van der Waals surface area contributed by atoms with Crippen LogP contribution >= 0.6 is 0 Å². The molecule has 1 aromatic carbocycles. The fourth-order valence-electron chi connectivity index (χ4n) is 3.38. The third-order valence-corrected chi connectivity index (χ3v) is 5.06. The van der Waals surface area contributed by atoms with Crippen molar-refractivity contribution in [2.24, 2.45) is 11.7 Å². The number of carboxylic acid groups (broad SMARTS) is 2. The molecule has 7 N–H and O–H groups in total. The van der Waals surface area contributed by atoms with Gasteiger partial charge in [0.15, 0.2) is 0 Å². The number of aliphatic carboxylic acids is 2. The highest BCUT2D eigenvalue weighted by Crippen LogP contribution is 2.19. The molecule has 0 spiro atoms. The molecule has 32 heavy (non-hydrogen) atoms. The molecule has 0 saturated heterocycles. The van der Waals surface area contributed by atoms with Crippen molar-refractivity contribution >= 4 is 34.7 Å². The van der Waals surface area contributed by atoms with Crippen LogP contribution in [0.3, 0.4) is 0 Å². The van der Waals surface area contributed by atoms with Crippen molar-refractivity contribution in [1.29, 1.82) is 0 Å². The van der Waals surface area contributed by atoms with E-state index in [-0.39, 0.29) is 31.6 Å². The zero-order chi connectivity index (χ0) is 23.8. The van der Waals surface area contributed by atoms with E-state index in [2.05, 4.69) is 15.6 Å². The van der Waals surface area contributed by atoms with Crippen molar-refractivity contribution < 1.29 is 29.4 Å². The quantitative estimate of drug-likeness (QED) is 0.282. The van der Waals surface area contributed by atoms with Crippen LogP contribution in [0, 0.1) is 5.92 Å².